The topological polar surface area (TPSA) is 74.8 Å². The van der Waals surface area contributed by atoms with E-state index < -0.39 is 33.7 Å². The maximum absolute atomic E-state index is 13.3. The van der Waals surface area contributed by atoms with Gasteiger partial charge < -0.3 is 0 Å². The molecule has 154 valence electrons. The van der Waals surface area contributed by atoms with Gasteiger partial charge in [0.25, 0.3) is 15.9 Å². The van der Waals surface area contributed by atoms with Gasteiger partial charge in [0, 0.05) is 6.54 Å². The van der Waals surface area contributed by atoms with Crippen LogP contribution in [0.15, 0.2) is 76.3 Å². The number of carbonyl (C=O) groups excluding carboxylic acids is 2. The molecular formula is C21H17FN2O4S2. The van der Waals surface area contributed by atoms with Gasteiger partial charge in [0.15, 0.2) is 0 Å². The summed E-state index contributed by atoms with van der Waals surface area (Å²) >= 11 is 1.03. The molecule has 0 aliphatic carbocycles. The average Bonchev–Trinajstić information content (AvgIpc) is 3.37. The summed E-state index contributed by atoms with van der Waals surface area (Å²) < 4.78 is 41.1. The van der Waals surface area contributed by atoms with E-state index in [9.17, 15) is 22.4 Å². The fraction of sp³-hybridized carbons (Fsp3) is 0.143. The zero-order chi connectivity index (χ0) is 21.3. The van der Waals surface area contributed by atoms with Crippen LogP contribution in [0.1, 0.15) is 12.0 Å². The van der Waals surface area contributed by atoms with Gasteiger partial charge in [0.1, 0.15) is 16.1 Å². The van der Waals surface area contributed by atoms with Crippen LogP contribution in [-0.4, -0.2) is 30.6 Å². The van der Waals surface area contributed by atoms with Crippen LogP contribution in [0.5, 0.6) is 0 Å². The molecule has 2 heterocycles. The summed E-state index contributed by atoms with van der Waals surface area (Å²) in [5, 5.41) is 1.63. The number of halogens is 1. The number of thiophene rings is 1. The Kier molecular flexibility index (Phi) is 5.50. The first-order chi connectivity index (χ1) is 14.4. The van der Waals surface area contributed by atoms with E-state index in [0.29, 0.717) is 11.3 Å². The molecule has 0 radical (unpaired) electrons. The minimum Gasteiger partial charge on any atom is -0.274 e. The summed E-state index contributed by atoms with van der Waals surface area (Å²) in [5.41, 5.74) is 0.903. The van der Waals surface area contributed by atoms with Crippen molar-refractivity contribution in [2.45, 2.75) is 23.2 Å². The van der Waals surface area contributed by atoms with Gasteiger partial charge in [0.2, 0.25) is 5.91 Å². The highest BCUT2D eigenvalue weighted by atomic mass is 32.2. The lowest BCUT2D eigenvalue weighted by molar-refractivity contribution is -0.122. The Morgan fingerprint density at radius 1 is 1.00 bits per heavy atom. The molecule has 0 bridgehead atoms. The highest BCUT2D eigenvalue weighted by molar-refractivity contribution is 7.91. The number of sulfonamides is 1. The molecule has 0 saturated carbocycles. The van der Waals surface area contributed by atoms with Gasteiger partial charge in [-0.15, -0.1) is 11.3 Å². The van der Waals surface area contributed by atoms with Gasteiger partial charge in [-0.05, 0) is 41.3 Å². The molecule has 1 aliphatic rings. The molecule has 1 atom stereocenters. The quantitative estimate of drug-likeness (QED) is 0.546. The average molecular weight is 445 g/mol. The van der Waals surface area contributed by atoms with Crippen molar-refractivity contribution >= 4 is 38.9 Å². The van der Waals surface area contributed by atoms with Gasteiger partial charge in [-0.3, -0.25) is 9.59 Å². The largest absolute Gasteiger partial charge is 0.274 e. The van der Waals surface area contributed by atoms with E-state index in [-0.39, 0.29) is 17.2 Å². The number of amides is 2. The molecule has 1 unspecified atom stereocenters. The summed E-state index contributed by atoms with van der Waals surface area (Å²) in [4.78, 5) is 26.8. The summed E-state index contributed by atoms with van der Waals surface area (Å²) in [7, 11) is -4.05. The first kappa shape index (κ1) is 20.4. The van der Waals surface area contributed by atoms with E-state index in [1.807, 2.05) is 0 Å². The van der Waals surface area contributed by atoms with Crippen molar-refractivity contribution in [2.24, 2.45) is 0 Å². The van der Waals surface area contributed by atoms with Crippen LogP contribution >= 0.6 is 11.3 Å². The van der Waals surface area contributed by atoms with Crippen LogP contribution in [0.3, 0.4) is 0 Å². The van der Waals surface area contributed by atoms with Crippen molar-refractivity contribution in [3.63, 3.8) is 0 Å². The predicted octanol–water partition coefficient (Wildman–Crippen LogP) is 3.41. The zero-order valence-electron chi connectivity index (χ0n) is 15.6. The Bertz CT molecular complexity index is 1160. The molecule has 30 heavy (non-hydrogen) atoms. The molecule has 1 fully saturated rings. The molecule has 4 rings (SSSR count). The monoisotopic (exact) mass is 444 g/mol. The summed E-state index contributed by atoms with van der Waals surface area (Å²) in [6.45, 7) is -0.160. The number of anilines is 1. The van der Waals surface area contributed by atoms with Gasteiger partial charge in [-0.25, -0.2) is 17.7 Å². The third kappa shape index (κ3) is 3.79. The Balaban J connectivity index is 1.73. The van der Waals surface area contributed by atoms with Crippen LogP contribution in [0.4, 0.5) is 10.1 Å². The lowest BCUT2D eigenvalue weighted by atomic mass is 10.2. The third-order valence-corrected chi connectivity index (χ3v) is 8.02. The van der Waals surface area contributed by atoms with Crippen molar-refractivity contribution < 1.29 is 22.4 Å². The number of hydrogen-bond acceptors (Lipinski definition) is 5. The van der Waals surface area contributed by atoms with Crippen molar-refractivity contribution in [1.29, 1.82) is 0 Å². The normalized spacial score (nSPS) is 17.1. The van der Waals surface area contributed by atoms with E-state index >= 15 is 0 Å². The fourth-order valence-electron chi connectivity index (χ4n) is 3.35. The maximum Gasteiger partial charge on any atom is 0.253 e. The van der Waals surface area contributed by atoms with Crippen LogP contribution in [-0.2, 0) is 26.2 Å². The standard InChI is InChI=1S/C21H17FN2O4S2/c22-16-10-8-15(9-11-16)14-23(30(27,28)20-7-4-12-29-20)18-13-19(25)24(21(18)26)17-5-2-1-3-6-17/h1-12,18H,13-14H2. The summed E-state index contributed by atoms with van der Waals surface area (Å²) in [6, 6.07) is 15.6. The second kappa shape index (κ2) is 8.10. The minimum atomic E-state index is -4.05. The number of hydrogen-bond donors (Lipinski definition) is 0. The second-order valence-corrected chi connectivity index (χ2v) is 9.80. The Hall–Kier alpha value is -2.88. The number of benzene rings is 2. The maximum atomic E-state index is 13.3. The molecule has 1 aliphatic heterocycles. The first-order valence-corrected chi connectivity index (χ1v) is 11.4. The van der Waals surface area contributed by atoms with E-state index in [1.54, 1.807) is 41.8 Å². The molecule has 3 aromatic rings. The lowest BCUT2D eigenvalue weighted by Crippen LogP contribution is -2.44. The first-order valence-electron chi connectivity index (χ1n) is 9.09. The summed E-state index contributed by atoms with van der Waals surface area (Å²) in [6.07, 6.45) is -0.264. The molecule has 0 N–H and O–H groups in total. The van der Waals surface area contributed by atoms with E-state index in [4.69, 9.17) is 0 Å². The Labute approximate surface area is 177 Å². The van der Waals surface area contributed by atoms with E-state index in [1.165, 1.54) is 30.3 Å². The molecule has 2 amide bonds. The van der Waals surface area contributed by atoms with Crippen molar-refractivity contribution in [2.75, 3.05) is 4.90 Å². The number of nitrogens with zero attached hydrogens (tertiary/aromatic N) is 2. The van der Waals surface area contributed by atoms with Crippen LogP contribution in [0, 0.1) is 5.82 Å². The molecule has 6 nitrogen and oxygen atoms in total. The molecule has 2 aromatic carbocycles. The van der Waals surface area contributed by atoms with Crippen LogP contribution in [0.25, 0.3) is 0 Å². The van der Waals surface area contributed by atoms with Crippen molar-refractivity contribution in [3.8, 4) is 0 Å². The van der Waals surface area contributed by atoms with Crippen LogP contribution in [0.2, 0.25) is 0 Å². The van der Waals surface area contributed by atoms with E-state index in [2.05, 4.69) is 0 Å². The third-order valence-electron chi connectivity index (χ3n) is 4.79. The van der Waals surface area contributed by atoms with Gasteiger partial charge in [-0.1, -0.05) is 36.4 Å². The Morgan fingerprint density at radius 2 is 1.70 bits per heavy atom. The molecule has 1 saturated heterocycles. The van der Waals surface area contributed by atoms with Crippen molar-refractivity contribution in [3.05, 3.63) is 83.5 Å². The summed E-state index contributed by atoms with van der Waals surface area (Å²) in [5.74, 6) is -1.52. The minimum absolute atomic E-state index is 0.0722. The van der Waals surface area contributed by atoms with E-state index in [0.717, 1.165) is 20.5 Å². The molecule has 9 heteroatoms. The highest BCUT2D eigenvalue weighted by Gasteiger charge is 2.47. The van der Waals surface area contributed by atoms with Gasteiger partial charge >= 0.3 is 0 Å². The number of carbonyl (C=O) groups is 2. The van der Waals surface area contributed by atoms with Crippen molar-refractivity contribution in [1.82, 2.24) is 4.31 Å². The Morgan fingerprint density at radius 3 is 2.33 bits per heavy atom. The number of rotatable bonds is 6. The second-order valence-electron chi connectivity index (χ2n) is 6.73. The zero-order valence-corrected chi connectivity index (χ0v) is 17.3. The smallest absolute Gasteiger partial charge is 0.253 e. The molecule has 0 spiro atoms. The molecule has 1 aromatic heterocycles. The predicted molar refractivity (Wildman–Crippen MR) is 111 cm³/mol. The van der Waals surface area contributed by atoms with Crippen LogP contribution < -0.4 is 4.90 Å². The van der Waals surface area contributed by atoms with Gasteiger partial charge in [-0.2, -0.15) is 4.31 Å². The molecular weight excluding hydrogens is 427 g/mol. The lowest BCUT2D eigenvalue weighted by Gasteiger charge is -2.26. The fourth-order valence-corrected chi connectivity index (χ4v) is 6.04. The highest BCUT2D eigenvalue weighted by Crippen LogP contribution is 2.31. The SMILES string of the molecule is O=C1CC(N(Cc2ccc(F)cc2)S(=O)(=O)c2cccs2)C(=O)N1c1ccccc1. The number of imide groups is 1. The number of para-hydroxylation sites is 1. The van der Waals surface area contributed by atoms with Gasteiger partial charge in [0.05, 0.1) is 12.1 Å².